The Hall–Kier alpha value is -3.21. The highest BCUT2D eigenvalue weighted by atomic mass is 15.3. The lowest BCUT2D eigenvalue weighted by Gasteiger charge is -2.44. The second-order valence-corrected chi connectivity index (χ2v) is 10.2. The van der Waals surface area contributed by atoms with Gasteiger partial charge in [0, 0.05) is 37.7 Å². The van der Waals surface area contributed by atoms with Gasteiger partial charge in [0.1, 0.15) is 0 Å². The van der Waals surface area contributed by atoms with Gasteiger partial charge in [-0.3, -0.25) is 4.90 Å². The minimum Gasteiger partial charge on any atom is -0.346 e. The molecule has 0 spiro atoms. The van der Waals surface area contributed by atoms with Gasteiger partial charge in [-0.15, -0.1) is 0 Å². The molecule has 0 saturated carbocycles. The second-order valence-electron chi connectivity index (χ2n) is 10.2. The Balaban J connectivity index is 1.44. The second kappa shape index (κ2) is 11.2. The van der Waals surface area contributed by atoms with Gasteiger partial charge in [-0.2, -0.15) is 0 Å². The predicted molar refractivity (Wildman–Crippen MR) is 149 cm³/mol. The number of imidazole rings is 1. The molecular formula is C32H38N4. The van der Waals surface area contributed by atoms with Crippen molar-refractivity contribution in [3.8, 4) is 11.3 Å². The third kappa shape index (κ3) is 5.16. The van der Waals surface area contributed by atoms with Crippen molar-refractivity contribution in [1.82, 2.24) is 20.2 Å². The molecular weight excluding hydrogens is 440 g/mol. The van der Waals surface area contributed by atoms with E-state index >= 15 is 0 Å². The van der Waals surface area contributed by atoms with Crippen LogP contribution in [0.25, 0.3) is 11.3 Å². The highest BCUT2D eigenvalue weighted by Gasteiger charge is 2.38. The van der Waals surface area contributed by atoms with Crippen LogP contribution < -0.4 is 5.32 Å². The third-order valence-corrected chi connectivity index (χ3v) is 7.95. The molecule has 1 fully saturated rings. The van der Waals surface area contributed by atoms with E-state index in [0.29, 0.717) is 5.92 Å². The summed E-state index contributed by atoms with van der Waals surface area (Å²) in [6.07, 6.45) is 5.20. The number of aryl methyl sites for hydroxylation is 1. The first kappa shape index (κ1) is 24.5. The van der Waals surface area contributed by atoms with Gasteiger partial charge in [0.05, 0.1) is 23.3 Å². The summed E-state index contributed by atoms with van der Waals surface area (Å²) >= 11 is 0. The largest absolute Gasteiger partial charge is 0.346 e. The molecule has 0 amide bonds. The van der Waals surface area contributed by atoms with Gasteiger partial charge < -0.3 is 10.3 Å². The smallest absolute Gasteiger partial charge is 0.0934 e. The summed E-state index contributed by atoms with van der Waals surface area (Å²) in [7, 11) is 0. The number of H-pyrrole nitrogens is 1. The average Bonchev–Trinajstić information content (AvgIpc) is 3.43. The predicted octanol–water partition coefficient (Wildman–Crippen LogP) is 6.51. The number of hydrogen-bond donors (Lipinski definition) is 2. The quantitative estimate of drug-likeness (QED) is 0.288. The maximum atomic E-state index is 4.85. The van der Waals surface area contributed by atoms with E-state index in [4.69, 9.17) is 4.98 Å². The lowest BCUT2D eigenvalue weighted by atomic mass is 9.81. The van der Waals surface area contributed by atoms with Gasteiger partial charge in [-0.25, -0.2) is 4.98 Å². The minimum absolute atomic E-state index is 0.117. The first-order chi connectivity index (χ1) is 17.7. The van der Waals surface area contributed by atoms with E-state index in [1.807, 2.05) is 6.33 Å². The van der Waals surface area contributed by atoms with Gasteiger partial charge >= 0.3 is 0 Å². The Kier molecular flexibility index (Phi) is 7.64. The number of piperazine rings is 1. The molecule has 0 radical (unpaired) electrons. The van der Waals surface area contributed by atoms with Gasteiger partial charge in [0.25, 0.3) is 0 Å². The van der Waals surface area contributed by atoms with Crippen LogP contribution in [0.3, 0.4) is 0 Å². The molecule has 4 aromatic rings. The maximum absolute atomic E-state index is 4.85. The molecule has 1 aliphatic heterocycles. The van der Waals surface area contributed by atoms with Crippen LogP contribution in [-0.2, 0) is 5.54 Å². The van der Waals surface area contributed by atoms with Crippen molar-refractivity contribution >= 4 is 0 Å². The van der Waals surface area contributed by atoms with Crippen LogP contribution in [0.15, 0.2) is 91.3 Å². The summed E-state index contributed by atoms with van der Waals surface area (Å²) in [5, 5.41) is 3.54. The van der Waals surface area contributed by atoms with E-state index in [0.717, 1.165) is 51.1 Å². The van der Waals surface area contributed by atoms with E-state index in [-0.39, 0.29) is 5.54 Å². The molecule has 0 aliphatic carbocycles. The Morgan fingerprint density at radius 1 is 0.861 bits per heavy atom. The topological polar surface area (TPSA) is 44.0 Å². The summed E-state index contributed by atoms with van der Waals surface area (Å²) in [5.74, 6) is 0.400. The molecule has 0 bridgehead atoms. The standard InChI is InChI=1S/C32H38N4/c1-25-12-9-10-17-28(25)30-31(35-24-34-30)32(2,36-22-20-33-21-23-36)19-11-18-29(26-13-5-3-6-14-26)27-15-7-4-8-16-27/h3-10,12-17,24,29,33H,11,18-23H2,1-2H3,(H,34,35). The van der Waals surface area contributed by atoms with E-state index < -0.39 is 0 Å². The van der Waals surface area contributed by atoms with Crippen molar-refractivity contribution in [2.24, 2.45) is 0 Å². The number of rotatable bonds is 9. The fraction of sp³-hybridized carbons (Fsp3) is 0.344. The molecule has 1 aliphatic rings. The molecule has 3 aromatic carbocycles. The highest BCUT2D eigenvalue weighted by molar-refractivity contribution is 5.66. The molecule has 2 heterocycles. The molecule has 1 aromatic heterocycles. The molecule has 4 nitrogen and oxygen atoms in total. The van der Waals surface area contributed by atoms with Gasteiger partial charge in [-0.1, -0.05) is 91.3 Å². The molecule has 36 heavy (non-hydrogen) atoms. The Labute approximate surface area is 215 Å². The zero-order chi connectivity index (χ0) is 24.8. The summed E-state index contributed by atoms with van der Waals surface area (Å²) in [6, 6.07) is 30.6. The molecule has 186 valence electrons. The molecule has 4 heteroatoms. The average molecular weight is 479 g/mol. The number of benzene rings is 3. The van der Waals surface area contributed by atoms with Crippen LogP contribution in [0.5, 0.6) is 0 Å². The molecule has 1 atom stereocenters. The molecule has 1 unspecified atom stereocenters. The number of nitrogens with one attached hydrogen (secondary N) is 2. The molecule has 1 saturated heterocycles. The monoisotopic (exact) mass is 478 g/mol. The fourth-order valence-corrected chi connectivity index (χ4v) is 5.89. The zero-order valence-electron chi connectivity index (χ0n) is 21.6. The first-order valence-electron chi connectivity index (χ1n) is 13.3. The minimum atomic E-state index is -0.117. The summed E-state index contributed by atoms with van der Waals surface area (Å²) < 4.78 is 0. The van der Waals surface area contributed by atoms with Gasteiger partial charge in [0.15, 0.2) is 0 Å². The van der Waals surface area contributed by atoms with Crippen LogP contribution in [0.2, 0.25) is 0 Å². The normalized spacial score (nSPS) is 16.2. The lowest BCUT2D eigenvalue weighted by molar-refractivity contribution is 0.0725. The Morgan fingerprint density at radius 3 is 2.11 bits per heavy atom. The van der Waals surface area contributed by atoms with E-state index in [1.165, 1.54) is 27.9 Å². The van der Waals surface area contributed by atoms with E-state index in [9.17, 15) is 0 Å². The van der Waals surface area contributed by atoms with E-state index in [2.05, 4.69) is 114 Å². The lowest BCUT2D eigenvalue weighted by Crippen LogP contribution is -2.53. The highest BCUT2D eigenvalue weighted by Crippen LogP contribution is 2.40. The SMILES string of the molecule is Cc1ccccc1-c1nc[nH]c1C(C)(CCCC(c1ccccc1)c1ccccc1)N1CCNCC1. The van der Waals surface area contributed by atoms with Crippen molar-refractivity contribution in [2.45, 2.75) is 44.6 Å². The first-order valence-corrected chi connectivity index (χ1v) is 13.3. The van der Waals surface area contributed by atoms with Crippen LogP contribution in [0.4, 0.5) is 0 Å². The van der Waals surface area contributed by atoms with Crippen molar-refractivity contribution in [1.29, 1.82) is 0 Å². The number of aromatic amines is 1. The third-order valence-electron chi connectivity index (χ3n) is 7.95. The van der Waals surface area contributed by atoms with Crippen LogP contribution >= 0.6 is 0 Å². The van der Waals surface area contributed by atoms with E-state index in [1.54, 1.807) is 0 Å². The summed E-state index contributed by atoms with van der Waals surface area (Å²) in [5.41, 5.74) is 7.51. The van der Waals surface area contributed by atoms with Crippen LogP contribution in [0.1, 0.15) is 54.5 Å². The fourth-order valence-electron chi connectivity index (χ4n) is 5.89. The van der Waals surface area contributed by atoms with Gasteiger partial charge in [0.2, 0.25) is 0 Å². The number of nitrogens with zero attached hydrogens (tertiary/aromatic N) is 2. The Morgan fingerprint density at radius 2 is 1.47 bits per heavy atom. The molecule has 5 rings (SSSR count). The molecule has 2 N–H and O–H groups in total. The van der Waals surface area contributed by atoms with Crippen LogP contribution in [-0.4, -0.2) is 41.0 Å². The summed E-state index contributed by atoms with van der Waals surface area (Å²) in [4.78, 5) is 11.1. The number of hydrogen-bond acceptors (Lipinski definition) is 3. The van der Waals surface area contributed by atoms with Crippen LogP contribution in [0, 0.1) is 6.92 Å². The van der Waals surface area contributed by atoms with Crippen molar-refractivity contribution in [3.05, 3.63) is 114 Å². The maximum Gasteiger partial charge on any atom is 0.0934 e. The summed E-state index contributed by atoms with van der Waals surface area (Å²) in [6.45, 7) is 8.75. The Bertz CT molecular complexity index is 1190. The zero-order valence-corrected chi connectivity index (χ0v) is 21.6. The van der Waals surface area contributed by atoms with Crippen molar-refractivity contribution < 1.29 is 0 Å². The van der Waals surface area contributed by atoms with Crippen molar-refractivity contribution in [3.63, 3.8) is 0 Å². The van der Waals surface area contributed by atoms with Gasteiger partial charge in [-0.05, 0) is 43.4 Å². The number of aromatic nitrogens is 2. The van der Waals surface area contributed by atoms with Crippen molar-refractivity contribution in [2.75, 3.05) is 26.2 Å².